The van der Waals surface area contributed by atoms with E-state index in [0.29, 0.717) is 0 Å². The van der Waals surface area contributed by atoms with Gasteiger partial charge >= 0.3 is 0 Å². The summed E-state index contributed by atoms with van der Waals surface area (Å²) in [6, 6.07) is 12.9. The van der Waals surface area contributed by atoms with Crippen LogP contribution in [-0.4, -0.2) is 30.0 Å². The van der Waals surface area contributed by atoms with E-state index < -0.39 is 0 Å². The molecule has 0 radical (unpaired) electrons. The Morgan fingerprint density at radius 3 is 2.07 bits per heavy atom. The maximum Gasteiger partial charge on any atom is 0.123 e. The van der Waals surface area contributed by atoms with Crippen molar-refractivity contribution < 1.29 is 4.39 Å². The Bertz CT molecular complexity index is 1080. The van der Waals surface area contributed by atoms with E-state index in [-0.39, 0.29) is 5.82 Å². The summed E-state index contributed by atoms with van der Waals surface area (Å²) in [5.41, 5.74) is 8.06. The highest BCUT2D eigenvalue weighted by molar-refractivity contribution is 7.98. The van der Waals surface area contributed by atoms with Crippen molar-refractivity contribution in [3.63, 3.8) is 0 Å². The zero-order chi connectivity index (χ0) is 31.4. The lowest BCUT2D eigenvalue weighted by atomic mass is 9.90. The second-order valence-corrected chi connectivity index (χ2v) is 11.6. The van der Waals surface area contributed by atoms with E-state index in [1.165, 1.54) is 41.6 Å². The van der Waals surface area contributed by atoms with Gasteiger partial charge in [-0.15, -0.1) is 0 Å². The molecule has 4 heteroatoms. The summed E-state index contributed by atoms with van der Waals surface area (Å²) >= 11 is 7.84. The molecule has 0 spiro atoms. The molecule has 0 N–H and O–H groups in total. The van der Waals surface area contributed by atoms with Crippen LogP contribution >= 0.6 is 23.4 Å². The zero-order valence-electron chi connectivity index (χ0n) is 27.1. The predicted octanol–water partition coefficient (Wildman–Crippen LogP) is 12.0. The third kappa shape index (κ3) is 15.0. The van der Waals surface area contributed by atoms with E-state index in [1.807, 2.05) is 56.8 Å². The lowest BCUT2D eigenvalue weighted by Gasteiger charge is -2.33. The van der Waals surface area contributed by atoms with Gasteiger partial charge in [-0.25, -0.2) is 4.39 Å². The van der Waals surface area contributed by atoms with Crippen LogP contribution in [0.1, 0.15) is 83.9 Å². The van der Waals surface area contributed by atoms with Gasteiger partial charge in [0.05, 0.1) is 0 Å². The molecular weight excluding hydrogens is 545 g/mol. The Labute approximate surface area is 261 Å². The van der Waals surface area contributed by atoms with Crippen molar-refractivity contribution >= 4 is 28.9 Å². The molecule has 3 rings (SSSR count). The lowest BCUT2D eigenvalue weighted by molar-refractivity contribution is 0.227. The van der Waals surface area contributed by atoms with Crippen LogP contribution in [0.3, 0.4) is 0 Å². The molecule has 0 aromatic heterocycles. The molecular formula is C37H55ClFNS. The van der Waals surface area contributed by atoms with Crippen LogP contribution in [0.25, 0.3) is 5.57 Å². The van der Waals surface area contributed by atoms with E-state index in [2.05, 4.69) is 70.7 Å². The molecule has 41 heavy (non-hydrogen) atoms. The minimum absolute atomic E-state index is 0.147. The van der Waals surface area contributed by atoms with Gasteiger partial charge < -0.3 is 4.90 Å². The molecule has 0 atom stereocenters. The summed E-state index contributed by atoms with van der Waals surface area (Å²) in [5.74, 6) is 1.66. The van der Waals surface area contributed by atoms with E-state index in [4.69, 9.17) is 11.6 Å². The molecule has 0 unspecified atom stereocenters. The summed E-state index contributed by atoms with van der Waals surface area (Å²) in [4.78, 5) is 2.35. The van der Waals surface area contributed by atoms with Crippen molar-refractivity contribution in [3.05, 3.63) is 113 Å². The fraction of sp³-hybridized carbons (Fsp3) is 0.459. The number of piperidine rings is 1. The molecule has 1 fully saturated rings. The normalized spacial score (nSPS) is 13.0. The monoisotopic (exact) mass is 599 g/mol. The lowest BCUT2D eigenvalue weighted by Crippen LogP contribution is -2.32. The average molecular weight is 600 g/mol. The smallest absolute Gasteiger partial charge is 0.123 e. The van der Waals surface area contributed by atoms with Crippen LogP contribution in [0.15, 0.2) is 85.1 Å². The average Bonchev–Trinajstić information content (AvgIpc) is 2.96. The molecule has 228 valence electrons. The van der Waals surface area contributed by atoms with Crippen LogP contribution in [-0.2, 0) is 6.42 Å². The number of nitrogens with zero attached hydrogens (tertiary/aromatic N) is 1. The maximum absolute atomic E-state index is 12.8. The highest BCUT2D eigenvalue weighted by Gasteiger charge is 2.19. The number of rotatable bonds is 9. The first kappa shape index (κ1) is 38.8. The van der Waals surface area contributed by atoms with E-state index in [0.717, 1.165) is 59.3 Å². The fourth-order valence-corrected chi connectivity index (χ4v) is 5.14. The van der Waals surface area contributed by atoms with Gasteiger partial charge in [0.25, 0.3) is 0 Å². The third-order valence-electron chi connectivity index (χ3n) is 6.72. The number of allylic oxidation sites excluding steroid dienone is 5. The standard InChI is InChI=1S/C17H21ClS.C15H20FN.C3H8.C2H6/c1-6-16(14(4)12(2)9-10-19-5)17-8-7-15(18)11-13(17)3;1-12(2)17-9-7-14(8-10-17)11-13-3-5-15(16)6-4-13;1-3-2;1-2/h6-8,11H,2,4,9-10H2,1,3,5H3;3-6,14H,1,7-11H2,2H3;3H2,1-2H3;1-2H3/b16-6-;;;. The molecule has 0 saturated carbocycles. The molecule has 1 aliphatic heterocycles. The maximum atomic E-state index is 12.8. The zero-order valence-corrected chi connectivity index (χ0v) is 28.7. The van der Waals surface area contributed by atoms with Gasteiger partial charge in [-0.3, -0.25) is 0 Å². The molecule has 0 aliphatic carbocycles. The quantitative estimate of drug-likeness (QED) is 0.264. The predicted molar refractivity (Wildman–Crippen MR) is 188 cm³/mol. The van der Waals surface area contributed by atoms with Gasteiger partial charge in [0, 0.05) is 23.8 Å². The first-order chi connectivity index (χ1) is 19.6. The van der Waals surface area contributed by atoms with Gasteiger partial charge in [-0.05, 0) is 122 Å². The van der Waals surface area contributed by atoms with Crippen molar-refractivity contribution in [1.82, 2.24) is 4.90 Å². The number of benzene rings is 2. The topological polar surface area (TPSA) is 3.24 Å². The minimum atomic E-state index is -0.147. The summed E-state index contributed by atoms with van der Waals surface area (Å²) in [6.45, 7) is 29.0. The van der Waals surface area contributed by atoms with Crippen molar-refractivity contribution in [2.75, 3.05) is 25.1 Å². The number of hydrogen-bond acceptors (Lipinski definition) is 2. The Kier molecular flexibility index (Phi) is 21.2. The van der Waals surface area contributed by atoms with Gasteiger partial charge in [0.2, 0.25) is 0 Å². The van der Waals surface area contributed by atoms with E-state index in [1.54, 1.807) is 12.1 Å². The highest BCUT2D eigenvalue weighted by Crippen LogP contribution is 2.31. The van der Waals surface area contributed by atoms with Crippen LogP contribution in [0.5, 0.6) is 0 Å². The van der Waals surface area contributed by atoms with Gasteiger partial charge in [0.15, 0.2) is 0 Å². The summed E-state index contributed by atoms with van der Waals surface area (Å²) in [6.07, 6.45) is 9.93. The number of thioether (sulfide) groups is 1. The summed E-state index contributed by atoms with van der Waals surface area (Å²) < 4.78 is 12.8. The SMILES string of the molecule is C=C(C)N1CCC(Cc2ccc(F)cc2)CC1.C=C(CCSC)C(=C)/C(=C/C)c1ccc(Cl)cc1C.CC.CCC. The van der Waals surface area contributed by atoms with Crippen molar-refractivity contribution in [3.8, 4) is 0 Å². The second-order valence-electron chi connectivity index (χ2n) is 10.2. The van der Waals surface area contributed by atoms with E-state index >= 15 is 0 Å². The molecule has 1 nitrogen and oxygen atoms in total. The van der Waals surface area contributed by atoms with Crippen molar-refractivity contribution in [2.24, 2.45) is 5.92 Å². The van der Waals surface area contributed by atoms with Crippen LogP contribution < -0.4 is 0 Å². The molecule has 0 bridgehead atoms. The fourth-order valence-electron chi connectivity index (χ4n) is 4.46. The first-order valence-electron chi connectivity index (χ1n) is 15.0. The summed E-state index contributed by atoms with van der Waals surface area (Å²) in [5, 5.41) is 0.767. The van der Waals surface area contributed by atoms with Gasteiger partial charge in [-0.2, -0.15) is 11.8 Å². The molecule has 1 aliphatic rings. The third-order valence-corrected chi connectivity index (χ3v) is 7.57. The van der Waals surface area contributed by atoms with E-state index in [9.17, 15) is 4.39 Å². The Balaban J connectivity index is 0.000000677. The van der Waals surface area contributed by atoms with Crippen LogP contribution in [0.4, 0.5) is 4.39 Å². The Morgan fingerprint density at radius 2 is 1.61 bits per heavy atom. The first-order valence-corrected chi connectivity index (χ1v) is 16.8. The van der Waals surface area contributed by atoms with Crippen LogP contribution in [0.2, 0.25) is 5.02 Å². The number of likely N-dealkylation sites (tertiary alicyclic amines) is 1. The molecule has 2 aromatic carbocycles. The Morgan fingerprint density at radius 1 is 1.05 bits per heavy atom. The van der Waals surface area contributed by atoms with Gasteiger partial charge in [0.1, 0.15) is 5.82 Å². The Hall–Kier alpha value is -2.23. The number of aryl methyl sites for hydroxylation is 1. The van der Waals surface area contributed by atoms with Crippen molar-refractivity contribution in [1.29, 1.82) is 0 Å². The van der Waals surface area contributed by atoms with Crippen molar-refractivity contribution in [2.45, 2.75) is 80.6 Å². The molecule has 2 aromatic rings. The molecule has 0 amide bonds. The largest absolute Gasteiger partial charge is 0.376 e. The molecule has 1 saturated heterocycles. The molecule has 1 heterocycles. The number of hydrogen-bond donors (Lipinski definition) is 0. The van der Waals surface area contributed by atoms with Gasteiger partial charge in [-0.1, -0.05) is 89.7 Å². The van der Waals surface area contributed by atoms with Crippen LogP contribution in [0, 0.1) is 18.7 Å². The minimum Gasteiger partial charge on any atom is -0.376 e. The second kappa shape index (κ2) is 22.4. The number of halogens is 2. The summed E-state index contributed by atoms with van der Waals surface area (Å²) in [7, 11) is 0. The highest BCUT2D eigenvalue weighted by atomic mass is 35.5.